The maximum Gasteiger partial charge on any atom is 0.265 e. The molecule has 0 aliphatic heterocycles. The van der Waals surface area contributed by atoms with Crippen LogP contribution >= 0.6 is 11.3 Å². The van der Waals surface area contributed by atoms with Gasteiger partial charge in [-0.05, 0) is 49.2 Å². The molecule has 0 bridgehead atoms. The lowest BCUT2D eigenvalue weighted by Gasteiger charge is -2.18. The Labute approximate surface area is 153 Å². The van der Waals surface area contributed by atoms with Gasteiger partial charge in [0.2, 0.25) is 10.0 Å². The highest BCUT2D eigenvalue weighted by Gasteiger charge is 2.21. The van der Waals surface area contributed by atoms with Gasteiger partial charge in [-0.3, -0.25) is 4.79 Å². The minimum atomic E-state index is -3.48. The fraction of sp³-hybridized carbons (Fsp3) is 0.389. The van der Waals surface area contributed by atoms with Crippen LogP contribution in [0.1, 0.15) is 40.9 Å². The summed E-state index contributed by atoms with van der Waals surface area (Å²) in [7, 11) is -3.48. The van der Waals surface area contributed by atoms with E-state index in [1.165, 1.54) is 32.7 Å². The largest absolute Gasteiger partial charge is 0.321 e. The summed E-state index contributed by atoms with van der Waals surface area (Å²) in [6, 6.07) is 8.18. The zero-order valence-electron chi connectivity index (χ0n) is 15.0. The Morgan fingerprint density at radius 3 is 2.20 bits per heavy atom. The Hall–Kier alpha value is -1.70. The normalized spacial score (nSPS) is 11.7. The number of nitrogens with one attached hydrogen (secondary N) is 1. The summed E-state index contributed by atoms with van der Waals surface area (Å²) < 4.78 is 26.3. The maximum atomic E-state index is 12.5. The van der Waals surface area contributed by atoms with Crippen molar-refractivity contribution in [2.75, 3.05) is 18.4 Å². The van der Waals surface area contributed by atoms with Gasteiger partial charge in [0.05, 0.1) is 9.77 Å². The minimum Gasteiger partial charge on any atom is -0.321 e. The van der Waals surface area contributed by atoms with Crippen molar-refractivity contribution in [3.63, 3.8) is 0 Å². The topological polar surface area (TPSA) is 66.5 Å². The van der Waals surface area contributed by atoms with Gasteiger partial charge in [0.1, 0.15) is 0 Å². The van der Waals surface area contributed by atoms with Crippen molar-refractivity contribution in [2.45, 2.75) is 39.0 Å². The summed E-state index contributed by atoms with van der Waals surface area (Å²) in [5.74, 6) is -0.174. The number of rotatable bonds is 7. The third-order valence-corrected chi connectivity index (χ3v) is 7.47. The van der Waals surface area contributed by atoms with Crippen LogP contribution < -0.4 is 5.32 Å². The van der Waals surface area contributed by atoms with E-state index in [4.69, 9.17) is 0 Å². The van der Waals surface area contributed by atoms with Gasteiger partial charge >= 0.3 is 0 Å². The predicted octanol–water partition coefficient (Wildman–Crippen LogP) is 3.90. The second kappa shape index (κ2) is 8.12. The van der Waals surface area contributed by atoms with E-state index in [-0.39, 0.29) is 10.8 Å². The summed E-state index contributed by atoms with van der Waals surface area (Å²) in [5.41, 5.74) is 1.70. The molecule has 0 aliphatic carbocycles. The molecule has 0 aliphatic rings. The Morgan fingerprint density at radius 1 is 1.12 bits per heavy atom. The van der Waals surface area contributed by atoms with Crippen LogP contribution in [-0.4, -0.2) is 31.7 Å². The lowest BCUT2D eigenvalue weighted by Crippen LogP contribution is -2.30. The van der Waals surface area contributed by atoms with Gasteiger partial charge in [-0.25, -0.2) is 8.42 Å². The zero-order chi connectivity index (χ0) is 18.6. The van der Waals surface area contributed by atoms with E-state index >= 15 is 0 Å². The lowest BCUT2D eigenvalue weighted by atomic mass is 10.2. The summed E-state index contributed by atoms with van der Waals surface area (Å²) in [6.45, 7) is 8.53. The molecule has 1 aromatic carbocycles. The number of sulfonamides is 1. The summed E-state index contributed by atoms with van der Waals surface area (Å²) >= 11 is 1.49. The number of anilines is 1. The van der Waals surface area contributed by atoms with Crippen molar-refractivity contribution >= 4 is 33.0 Å². The fourth-order valence-electron chi connectivity index (χ4n) is 2.60. The standard InChI is InChI=1S/C18H24N2O3S2/c1-5-16-13(4)12-17(24-16)18(21)19-14-8-10-15(11-9-14)25(22,23)20(6-2)7-3/h8-12H,5-7H2,1-4H3,(H,19,21). The second-order valence-corrected chi connectivity index (χ2v) is 8.71. The molecule has 136 valence electrons. The fourth-order valence-corrected chi connectivity index (χ4v) is 5.07. The van der Waals surface area contributed by atoms with Crippen LogP contribution in [0.4, 0.5) is 5.69 Å². The Bertz CT molecular complexity index is 836. The molecule has 0 atom stereocenters. The molecule has 7 heteroatoms. The monoisotopic (exact) mass is 380 g/mol. The van der Waals surface area contributed by atoms with Crippen molar-refractivity contribution in [3.8, 4) is 0 Å². The predicted molar refractivity (Wildman–Crippen MR) is 103 cm³/mol. The number of hydrogen-bond acceptors (Lipinski definition) is 4. The smallest absolute Gasteiger partial charge is 0.265 e. The first-order valence-corrected chi connectivity index (χ1v) is 10.6. The number of amides is 1. The highest BCUT2D eigenvalue weighted by Crippen LogP contribution is 2.24. The summed E-state index contributed by atoms with van der Waals surface area (Å²) in [6.07, 6.45) is 0.904. The van der Waals surface area contributed by atoms with E-state index in [2.05, 4.69) is 12.2 Å². The molecule has 1 heterocycles. The average Bonchev–Trinajstić information content (AvgIpc) is 2.97. The molecular formula is C18H24N2O3S2. The first-order chi connectivity index (χ1) is 11.8. The number of thiophene rings is 1. The van der Waals surface area contributed by atoms with E-state index in [9.17, 15) is 13.2 Å². The van der Waals surface area contributed by atoms with Crippen molar-refractivity contribution in [3.05, 3.63) is 45.6 Å². The molecule has 0 saturated carbocycles. The molecule has 5 nitrogen and oxygen atoms in total. The number of aryl methyl sites for hydroxylation is 2. The first kappa shape index (κ1) is 19.6. The minimum absolute atomic E-state index is 0.174. The Morgan fingerprint density at radius 2 is 1.72 bits per heavy atom. The van der Waals surface area contributed by atoms with E-state index in [0.29, 0.717) is 23.7 Å². The molecule has 25 heavy (non-hydrogen) atoms. The molecule has 2 rings (SSSR count). The van der Waals surface area contributed by atoms with Gasteiger partial charge in [0, 0.05) is 23.7 Å². The van der Waals surface area contributed by atoms with Crippen LogP contribution in [0.3, 0.4) is 0 Å². The van der Waals surface area contributed by atoms with Crippen LogP contribution in [0.2, 0.25) is 0 Å². The molecule has 1 aromatic heterocycles. The molecule has 1 N–H and O–H groups in total. The van der Waals surface area contributed by atoms with E-state index in [1.54, 1.807) is 12.1 Å². The van der Waals surface area contributed by atoms with Crippen LogP contribution in [-0.2, 0) is 16.4 Å². The van der Waals surface area contributed by atoms with Gasteiger partial charge in [0.25, 0.3) is 5.91 Å². The molecule has 0 unspecified atom stereocenters. The van der Waals surface area contributed by atoms with Gasteiger partial charge in [-0.2, -0.15) is 4.31 Å². The molecular weight excluding hydrogens is 356 g/mol. The van der Waals surface area contributed by atoms with Crippen molar-refractivity contribution in [1.82, 2.24) is 4.31 Å². The molecule has 0 radical (unpaired) electrons. The van der Waals surface area contributed by atoms with Gasteiger partial charge in [-0.15, -0.1) is 11.3 Å². The first-order valence-electron chi connectivity index (χ1n) is 8.34. The molecule has 0 spiro atoms. The van der Waals surface area contributed by atoms with Crippen LogP contribution in [0.5, 0.6) is 0 Å². The third kappa shape index (κ3) is 4.29. The Kier molecular flexibility index (Phi) is 6.37. The third-order valence-electron chi connectivity index (χ3n) is 4.02. The van der Waals surface area contributed by atoms with E-state index in [0.717, 1.165) is 12.0 Å². The van der Waals surface area contributed by atoms with E-state index in [1.807, 2.05) is 26.8 Å². The van der Waals surface area contributed by atoms with Crippen LogP contribution in [0.25, 0.3) is 0 Å². The lowest BCUT2D eigenvalue weighted by molar-refractivity contribution is 0.103. The van der Waals surface area contributed by atoms with Gasteiger partial charge < -0.3 is 5.32 Å². The molecule has 1 amide bonds. The quantitative estimate of drug-likeness (QED) is 0.792. The average molecular weight is 381 g/mol. The second-order valence-electron chi connectivity index (χ2n) is 5.64. The molecule has 0 saturated heterocycles. The number of carbonyl (C=O) groups is 1. The highest BCUT2D eigenvalue weighted by atomic mass is 32.2. The number of hydrogen-bond donors (Lipinski definition) is 1. The SMILES string of the molecule is CCc1sc(C(=O)Nc2ccc(S(=O)(=O)N(CC)CC)cc2)cc1C. The summed E-state index contributed by atoms with van der Waals surface area (Å²) in [5, 5.41) is 2.82. The zero-order valence-corrected chi connectivity index (χ0v) is 16.6. The van der Waals surface area contributed by atoms with Gasteiger partial charge in [-0.1, -0.05) is 20.8 Å². The molecule has 0 fully saturated rings. The van der Waals surface area contributed by atoms with Gasteiger partial charge in [0.15, 0.2) is 0 Å². The van der Waals surface area contributed by atoms with Crippen molar-refractivity contribution in [1.29, 1.82) is 0 Å². The van der Waals surface area contributed by atoms with E-state index < -0.39 is 10.0 Å². The number of carbonyl (C=O) groups excluding carboxylic acids is 1. The van der Waals surface area contributed by atoms with Crippen molar-refractivity contribution < 1.29 is 13.2 Å². The highest BCUT2D eigenvalue weighted by molar-refractivity contribution is 7.89. The number of benzene rings is 1. The van der Waals surface area contributed by atoms with Crippen LogP contribution in [0, 0.1) is 6.92 Å². The molecule has 2 aromatic rings. The summed E-state index contributed by atoms with van der Waals surface area (Å²) in [4.78, 5) is 14.4. The Balaban J connectivity index is 2.16. The maximum absolute atomic E-state index is 12.5. The number of nitrogens with zero attached hydrogens (tertiary/aromatic N) is 1. The van der Waals surface area contributed by atoms with Crippen LogP contribution in [0.15, 0.2) is 35.2 Å². The van der Waals surface area contributed by atoms with Crippen molar-refractivity contribution in [2.24, 2.45) is 0 Å².